The molecule has 1 N–H and O–H groups in total. The number of aliphatic hydroxyl groups is 1. The molecule has 8 nitrogen and oxygen atoms in total. The van der Waals surface area contributed by atoms with Crippen molar-refractivity contribution in [1.82, 2.24) is 0 Å². The van der Waals surface area contributed by atoms with Gasteiger partial charge in [0.15, 0.2) is 31.9 Å². The number of hydrogen-bond acceptors (Lipinski definition) is 8. The molecular formula is C22H30O8. The molecule has 0 bridgehead atoms. The first-order valence-electron chi connectivity index (χ1n) is 9.47. The Morgan fingerprint density at radius 1 is 0.733 bits per heavy atom. The maximum Gasteiger partial charge on any atom is 0.188 e. The predicted octanol–water partition coefficient (Wildman–Crippen LogP) is 3.31. The lowest BCUT2D eigenvalue weighted by Gasteiger charge is -2.17. The number of aliphatic hydroxyl groups excluding tert-OH is 1. The van der Waals surface area contributed by atoms with E-state index in [0.29, 0.717) is 35.8 Å². The highest BCUT2D eigenvalue weighted by molar-refractivity contribution is 5.44. The van der Waals surface area contributed by atoms with Crippen molar-refractivity contribution in [2.75, 3.05) is 48.8 Å². The van der Waals surface area contributed by atoms with Gasteiger partial charge >= 0.3 is 0 Å². The first kappa shape index (κ1) is 23.8. The summed E-state index contributed by atoms with van der Waals surface area (Å²) in [4.78, 5) is 0. The van der Waals surface area contributed by atoms with Gasteiger partial charge in [0.25, 0.3) is 0 Å². The molecule has 30 heavy (non-hydrogen) atoms. The van der Waals surface area contributed by atoms with Crippen molar-refractivity contribution in [3.63, 3.8) is 0 Å². The summed E-state index contributed by atoms with van der Waals surface area (Å²) in [6, 6.07) is 10.9. The zero-order valence-electron chi connectivity index (χ0n) is 17.9. The van der Waals surface area contributed by atoms with E-state index in [1.54, 1.807) is 46.6 Å². The lowest BCUT2D eigenvalue weighted by molar-refractivity contribution is 0.0454. The third-order valence-electron chi connectivity index (χ3n) is 4.31. The molecule has 0 heterocycles. The van der Waals surface area contributed by atoms with E-state index in [2.05, 4.69) is 0 Å². The molecular weight excluding hydrogens is 392 g/mol. The van der Waals surface area contributed by atoms with Gasteiger partial charge in [0.1, 0.15) is 11.5 Å². The van der Waals surface area contributed by atoms with E-state index in [1.807, 2.05) is 18.2 Å². The van der Waals surface area contributed by atoms with Gasteiger partial charge in [-0.2, -0.15) is 0 Å². The third kappa shape index (κ3) is 7.07. The minimum Gasteiger partial charge on any atom is -0.493 e. The smallest absolute Gasteiger partial charge is 0.188 e. The van der Waals surface area contributed by atoms with E-state index in [-0.39, 0.29) is 20.4 Å². The molecule has 2 aromatic rings. The lowest BCUT2D eigenvalue weighted by atomic mass is 10.00. The van der Waals surface area contributed by atoms with E-state index in [1.165, 1.54) is 0 Å². The summed E-state index contributed by atoms with van der Waals surface area (Å²) in [5.41, 5.74) is 1.65. The fraction of sp³-hybridized carbons (Fsp3) is 0.455. The first-order valence-corrected chi connectivity index (χ1v) is 9.47. The van der Waals surface area contributed by atoms with Gasteiger partial charge in [-0.1, -0.05) is 12.1 Å². The molecule has 0 spiro atoms. The van der Waals surface area contributed by atoms with E-state index >= 15 is 0 Å². The lowest BCUT2D eigenvalue weighted by Crippen LogP contribution is -2.06. The highest BCUT2D eigenvalue weighted by atomic mass is 16.7. The summed E-state index contributed by atoms with van der Waals surface area (Å²) in [5, 5.41) is 10.7. The van der Waals surface area contributed by atoms with Crippen LogP contribution in [0.3, 0.4) is 0 Å². The Hall–Kier alpha value is -2.52. The highest BCUT2D eigenvalue weighted by Crippen LogP contribution is 2.33. The van der Waals surface area contributed by atoms with Crippen LogP contribution in [0.4, 0.5) is 0 Å². The SMILES string of the molecule is COCOc1ccc(CCC(O)c2ccc(OC)c(OCOC)c2)c(OCOC)c1. The van der Waals surface area contributed by atoms with Gasteiger partial charge in [0, 0.05) is 27.4 Å². The van der Waals surface area contributed by atoms with Crippen LogP contribution in [0.15, 0.2) is 36.4 Å². The van der Waals surface area contributed by atoms with Crippen LogP contribution in [0.1, 0.15) is 23.7 Å². The van der Waals surface area contributed by atoms with Gasteiger partial charge in [0.05, 0.1) is 13.2 Å². The van der Waals surface area contributed by atoms with Gasteiger partial charge in [0.2, 0.25) is 0 Å². The molecule has 166 valence electrons. The molecule has 1 unspecified atom stereocenters. The van der Waals surface area contributed by atoms with Crippen LogP contribution < -0.4 is 18.9 Å². The van der Waals surface area contributed by atoms with Crippen molar-refractivity contribution in [3.8, 4) is 23.0 Å². The van der Waals surface area contributed by atoms with Crippen LogP contribution >= 0.6 is 0 Å². The van der Waals surface area contributed by atoms with Crippen molar-refractivity contribution in [3.05, 3.63) is 47.5 Å². The number of aryl methyl sites for hydroxylation is 1. The summed E-state index contributed by atoms with van der Waals surface area (Å²) in [6.45, 7) is 0.349. The molecule has 1 atom stereocenters. The Morgan fingerprint density at radius 2 is 1.40 bits per heavy atom. The minimum atomic E-state index is -0.694. The van der Waals surface area contributed by atoms with Crippen LogP contribution in [-0.2, 0) is 20.6 Å². The van der Waals surface area contributed by atoms with Gasteiger partial charge in [-0.25, -0.2) is 0 Å². The minimum absolute atomic E-state index is 0.0909. The molecule has 0 aliphatic rings. The summed E-state index contributed by atoms with van der Waals surface area (Å²) in [7, 11) is 6.22. The van der Waals surface area contributed by atoms with Crippen LogP contribution in [0.5, 0.6) is 23.0 Å². The van der Waals surface area contributed by atoms with Crippen molar-refractivity contribution in [1.29, 1.82) is 0 Å². The number of hydrogen-bond donors (Lipinski definition) is 1. The molecule has 8 heteroatoms. The molecule has 0 aromatic heterocycles. The van der Waals surface area contributed by atoms with E-state index < -0.39 is 6.10 Å². The zero-order chi connectivity index (χ0) is 21.8. The van der Waals surface area contributed by atoms with Crippen molar-refractivity contribution in [2.45, 2.75) is 18.9 Å². The third-order valence-corrected chi connectivity index (χ3v) is 4.31. The topological polar surface area (TPSA) is 84.8 Å². The monoisotopic (exact) mass is 422 g/mol. The summed E-state index contributed by atoms with van der Waals surface area (Å²) in [6.07, 6.45) is 0.378. The van der Waals surface area contributed by atoms with Crippen LogP contribution in [0, 0.1) is 0 Å². The van der Waals surface area contributed by atoms with Crippen LogP contribution in [0.2, 0.25) is 0 Å². The second-order valence-electron chi connectivity index (χ2n) is 6.39. The molecule has 0 aliphatic heterocycles. The van der Waals surface area contributed by atoms with Gasteiger partial charge in [-0.05, 0) is 42.2 Å². The Balaban J connectivity index is 2.09. The second-order valence-corrected chi connectivity index (χ2v) is 6.39. The zero-order valence-corrected chi connectivity index (χ0v) is 17.9. The van der Waals surface area contributed by atoms with Crippen molar-refractivity contribution in [2.24, 2.45) is 0 Å². The average molecular weight is 422 g/mol. The maximum absolute atomic E-state index is 10.7. The molecule has 0 fully saturated rings. The van der Waals surface area contributed by atoms with E-state index in [4.69, 9.17) is 33.2 Å². The van der Waals surface area contributed by atoms with E-state index in [0.717, 1.165) is 11.1 Å². The number of methoxy groups -OCH3 is 4. The number of ether oxygens (including phenoxy) is 7. The van der Waals surface area contributed by atoms with Gasteiger partial charge in [-0.15, -0.1) is 0 Å². The molecule has 0 radical (unpaired) electrons. The molecule has 0 saturated carbocycles. The van der Waals surface area contributed by atoms with Crippen molar-refractivity contribution < 1.29 is 38.3 Å². The second kappa shape index (κ2) is 12.9. The highest BCUT2D eigenvalue weighted by Gasteiger charge is 2.14. The van der Waals surface area contributed by atoms with E-state index in [9.17, 15) is 5.11 Å². The van der Waals surface area contributed by atoms with Crippen LogP contribution in [-0.4, -0.2) is 53.9 Å². The van der Waals surface area contributed by atoms with Gasteiger partial charge in [-0.3, -0.25) is 0 Å². The predicted molar refractivity (Wildman–Crippen MR) is 110 cm³/mol. The summed E-state index contributed by atoms with van der Waals surface area (Å²) in [5.74, 6) is 2.35. The quantitative estimate of drug-likeness (QED) is 0.464. The van der Waals surface area contributed by atoms with Crippen molar-refractivity contribution >= 4 is 0 Å². The van der Waals surface area contributed by atoms with Gasteiger partial charge < -0.3 is 38.3 Å². The Labute approximate surface area is 177 Å². The Morgan fingerprint density at radius 3 is 2.07 bits per heavy atom. The molecule has 0 saturated heterocycles. The average Bonchev–Trinajstić information content (AvgIpc) is 2.78. The Kier molecular flexibility index (Phi) is 10.2. The fourth-order valence-electron chi connectivity index (χ4n) is 2.81. The largest absolute Gasteiger partial charge is 0.493 e. The maximum atomic E-state index is 10.7. The molecule has 0 aliphatic carbocycles. The first-order chi connectivity index (χ1) is 14.6. The number of benzene rings is 2. The summed E-state index contributed by atoms with van der Waals surface area (Å²) < 4.78 is 36.8. The summed E-state index contributed by atoms with van der Waals surface area (Å²) >= 11 is 0. The number of rotatable bonds is 14. The molecule has 2 rings (SSSR count). The molecule has 2 aromatic carbocycles. The fourth-order valence-corrected chi connectivity index (χ4v) is 2.81. The van der Waals surface area contributed by atoms with Crippen LogP contribution in [0.25, 0.3) is 0 Å². The Bertz CT molecular complexity index is 765. The molecule has 0 amide bonds. The normalized spacial score (nSPS) is 11.8. The standard InChI is InChI=1S/C22H30O8/c1-24-13-28-18-8-5-16(21(12-18)29-14-25-2)6-9-19(23)17-7-10-20(27-4)22(11-17)30-15-26-3/h5,7-8,10-12,19,23H,6,9,13-15H2,1-4H3.